The first-order valence-electron chi connectivity index (χ1n) is 12.1. The quantitative estimate of drug-likeness (QED) is 0.414. The summed E-state index contributed by atoms with van der Waals surface area (Å²) in [5.41, 5.74) is 2.30. The molecule has 0 fully saturated rings. The second-order valence-electron chi connectivity index (χ2n) is 10.5. The number of carbonyl (C=O) groups is 3. The van der Waals surface area contributed by atoms with E-state index in [2.05, 4.69) is 16.7 Å². The van der Waals surface area contributed by atoms with E-state index in [4.69, 9.17) is 4.74 Å². The monoisotopic (exact) mass is 507 g/mol. The van der Waals surface area contributed by atoms with E-state index in [0.717, 1.165) is 5.56 Å². The summed E-state index contributed by atoms with van der Waals surface area (Å²) in [4.78, 5) is 40.7. The molecule has 2 rings (SSSR count). The minimum Gasteiger partial charge on any atom is -0.463 e. The Morgan fingerprint density at radius 3 is 2.34 bits per heavy atom. The predicted molar refractivity (Wildman–Crippen MR) is 141 cm³/mol. The highest BCUT2D eigenvalue weighted by molar-refractivity contribution is 5.91. The van der Waals surface area contributed by atoms with Crippen LogP contribution in [0.15, 0.2) is 35.9 Å². The lowest BCUT2D eigenvalue weighted by molar-refractivity contribution is -0.141. The standard InChI is InChI=1S/C27H41N3O4.ClH/c1-9-34-26(33)18(4)14-22(17(2)3)30(8)25(32)23(27(5,6)7)29-24(31)21-15-19-12-10-11-13-20(19)16-28-21;/h10-14,17,21-23,28H,9,15-16H2,1-8H3,(H,29,31);1H/b18-14+;/t21-,22-,23-;/m1./s1. The van der Waals surface area contributed by atoms with Crippen molar-refractivity contribution in [3.05, 3.63) is 47.0 Å². The van der Waals surface area contributed by atoms with Crippen LogP contribution in [0.1, 0.15) is 59.6 Å². The van der Waals surface area contributed by atoms with Crippen molar-refractivity contribution in [1.82, 2.24) is 15.5 Å². The van der Waals surface area contributed by atoms with Crippen LogP contribution < -0.4 is 10.6 Å². The molecule has 2 amide bonds. The summed E-state index contributed by atoms with van der Waals surface area (Å²) in [6.45, 7) is 14.2. The molecule has 1 aliphatic heterocycles. The van der Waals surface area contributed by atoms with E-state index in [1.807, 2.05) is 52.8 Å². The number of ether oxygens (including phenoxy) is 1. The Balaban J connectivity index is 0.00000612. The molecule has 1 aliphatic rings. The summed E-state index contributed by atoms with van der Waals surface area (Å²) in [6, 6.07) is 6.64. The fourth-order valence-electron chi connectivity index (χ4n) is 4.20. The highest BCUT2D eigenvalue weighted by Crippen LogP contribution is 2.24. The number of hydrogen-bond donors (Lipinski definition) is 2. The minimum atomic E-state index is -0.721. The van der Waals surface area contributed by atoms with Crippen LogP contribution in [0.3, 0.4) is 0 Å². The Labute approximate surface area is 216 Å². The van der Waals surface area contributed by atoms with E-state index in [9.17, 15) is 14.4 Å². The van der Waals surface area contributed by atoms with Gasteiger partial charge in [-0.1, -0.05) is 65.0 Å². The van der Waals surface area contributed by atoms with E-state index in [-0.39, 0.29) is 36.2 Å². The zero-order valence-corrected chi connectivity index (χ0v) is 23.1. The second-order valence-corrected chi connectivity index (χ2v) is 10.5. The molecule has 0 unspecified atom stereocenters. The predicted octanol–water partition coefficient (Wildman–Crippen LogP) is 3.65. The van der Waals surface area contributed by atoms with Crippen molar-refractivity contribution in [3.8, 4) is 0 Å². The number of esters is 1. The van der Waals surface area contributed by atoms with E-state index >= 15 is 0 Å². The Kier molecular flexibility index (Phi) is 11.4. The minimum absolute atomic E-state index is 0. The van der Waals surface area contributed by atoms with Crippen molar-refractivity contribution >= 4 is 30.2 Å². The van der Waals surface area contributed by atoms with Gasteiger partial charge in [0.05, 0.1) is 18.7 Å². The van der Waals surface area contributed by atoms with Gasteiger partial charge in [0.1, 0.15) is 6.04 Å². The van der Waals surface area contributed by atoms with Crippen molar-refractivity contribution in [1.29, 1.82) is 0 Å². The molecule has 0 aliphatic carbocycles. The van der Waals surface area contributed by atoms with Gasteiger partial charge < -0.3 is 20.3 Å². The summed E-state index contributed by atoms with van der Waals surface area (Å²) in [7, 11) is 1.72. The van der Waals surface area contributed by atoms with Crippen molar-refractivity contribution in [3.63, 3.8) is 0 Å². The molecule has 0 saturated carbocycles. The SMILES string of the molecule is CCOC(=O)/C(C)=C/[C@H](C(C)C)N(C)C(=O)[C@@H](NC(=O)[C@H]1Cc2ccccc2CN1)C(C)(C)C.Cl. The number of carbonyl (C=O) groups excluding carboxylic acids is 3. The number of likely N-dealkylation sites (N-methyl/N-ethyl adjacent to an activating group) is 1. The molecule has 0 saturated heterocycles. The molecule has 0 aromatic heterocycles. The Hall–Kier alpha value is -2.38. The second kappa shape index (κ2) is 13.1. The molecule has 1 aromatic carbocycles. The number of benzene rings is 1. The highest BCUT2D eigenvalue weighted by atomic mass is 35.5. The number of amides is 2. The lowest BCUT2D eigenvalue weighted by Crippen LogP contribution is -2.59. The van der Waals surface area contributed by atoms with Gasteiger partial charge in [0.2, 0.25) is 11.8 Å². The average Bonchev–Trinajstić information content (AvgIpc) is 2.78. The summed E-state index contributed by atoms with van der Waals surface area (Å²) in [5, 5.41) is 6.32. The normalized spacial score (nSPS) is 17.5. The summed E-state index contributed by atoms with van der Waals surface area (Å²) in [6.07, 6.45) is 2.36. The first kappa shape index (κ1) is 30.7. The maximum absolute atomic E-state index is 13.7. The maximum Gasteiger partial charge on any atom is 0.333 e. The fraction of sp³-hybridized carbons (Fsp3) is 0.593. The van der Waals surface area contributed by atoms with Gasteiger partial charge in [0.25, 0.3) is 0 Å². The molecule has 0 bridgehead atoms. The molecule has 0 spiro atoms. The van der Waals surface area contributed by atoms with Crippen molar-refractivity contribution in [2.24, 2.45) is 11.3 Å². The van der Waals surface area contributed by atoms with Crippen LogP contribution in [0.25, 0.3) is 0 Å². The molecule has 196 valence electrons. The Bertz CT molecular complexity index is 923. The molecule has 7 nitrogen and oxygen atoms in total. The fourth-order valence-corrected chi connectivity index (χ4v) is 4.20. The lowest BCUT2D eigenvalue weighted by atomic mass is 9.84. The summed E-state index contributed by atoms with van der Waals surface area (Å²) < 4.78 is 5.10. The van der Waals surface area contributed by atoms with Crippen LogP contribution in [-0.2, 0) is 32.1 Å². The average molecular weight is 508 g/mol. The Morgan fingerprint density at radius 1 is 1.20 bits per heavy atom. The number of hydrogen-bond acceptors (Lipinski definition) is 5. The van der Waals surface area contributed by atoms with Gasteiger partial charge in [-0.3, -0.25) is 9.59 Å². The smallest absolute Gasteiger partial charge is 0.333 e. The zero-order valence-electron chi connectivity index (χ0n) is 22.3. The van der Waals surface area contributed by atoms with Gasteiger partial charge in [0.15, 0.2) is 0 Å². The molecular formula is C27H42ClN3O4. The third-order valence-electron chi connectivity index (χ3n) is 6.29. The van der Waals surface area contributed by atoms with Crippen molar-refractivity contribution in [2.75, 3.05) is 13.7 Å². The van der Waals surface area contributed by atoms with Crippen LogP contribution >= 0.6 is 12.4 Å². The highest BCUT2D eigenvalue weighted by Gasteiger charge is 2.38. The first-order chi connectivity index (χ1) is 15.9. The third kappa shape index (κ3) is 8.07. The van der Waals surface area contributed by atoms with Gasteiger partial charge in [0, 0.05) is 19.2 Å². The van der Waals surface area contributed by atoms with E-state index in [1.165, 1.54) is 5.56 Å². The van der Waals surface area contributed by atoms with Crippen LogP contribution in [0.4, 0.5) is 0 Å². The number of halogens is 1. The van der Waals surface area contributed by atoms with Crippen LogP contribution in [-0.4, -0.2) is 54.5 Å². The lowest BCUT2D eigenvalue weighted by Gasteiger charge is -2.38. The largest absolute Gasteiger partial charge is 0.463 e. The molecule has 1 aromatic rings. The van der Waals surface area contributed by atoms with Crippen LogP contribution in [0, 0.1) is 11.3 Å². The van der Waals surface area contributed by atoms with Crippen molar-refractivity contribution < 1.29 is 19.1 Å². The molecule has 0 radical (unpaired) electrons. The van der Waals surface area contributed by atoms with Gasteiger partial charge >= 0.3 is 5.97 Å². The zero-order chi connectivity index (χ0) is 25.6. The van der Waals surface area contributed by atoms with Crippen molar-refractivity contribution in [2.45, 2.75) is 79.6 Å². The van der Waals surface area contributed by atoms with Gasteiger partial charge in [-0.05, 0) is 42.7 Å². The third-order valence-corrected chi connectivity index (χ3v) is 6.29. The van der Waals surface area contributed by atoms with Crippen LogP contribution in [0.5, 0.6) is 0 Å². The van der Waals surface area contributed by atoms with Gasteiger partial charge in [-0.15, -0.1) is 12.4 Å². The molecule has 3 atom stereocenters. The van der Waals surface area contributed by atoms with E-state index in [0.29, 0.717) is 25.1 Å². The molecule has 8 heteroatoms. The summed E-state index contributed by atoms with van der Waals surface area (Å²) in [5.74, 6) is -0.705. The molecule has 35 heavy (non-hydrogen) atoms. The maximum atomic E-state index is 13.7. The van der Waals surface area contributed by atoms with E-state index < -0.39 is 23.5 Å². The molecule has 2 N–H and O–H groups in total. The van der Waals surface area contributed by atoms with Crippen LogP contribution in [0.2, 0.25) is 0 Å². The van der Waals surface area contributed by atoms with Gasteiger partial charge in [-0.2, -0.15) is 0 Å². The molecule has 1 heterocycles. The first-order valence-corrected chi connectivity index (χ1v) is 12.1. The van der Waals surface area contributed by atoms with E-state index in [1.54, 1.807) is 31.9 Å². The number of nitrogens with zero attached hydrogens (tertiary/aromatic N) is 1. The molecular weight excluding hydrogens is 466 g/mol. The summed E-state index contributed by atoms with van der Waals surface area (Å²) >= 11 is 0. The number of fused-ring (bicyclic) bond motifs is 1. The van der Waals surface area contributed by atoms with Gasteiger partial charge in [-0.25, -0.2) is 4.79 Å². The number of rotatable bonds is 8. The number of nitrogens with one attached hydrogen (secondary N) is 2. The Morgan fingerprint density at radius 2 is 1.80 bits per heavy atom. The topological polar surface area (TPSA) is 87.7 Å².